The van der Waals surface area contributed by atoms with Crippen molar-refractivity contribution in [2.45, 2.75) is 20.3 Å². The monoisotopic (exact) mass is 353 g/mol. The zero-order valence-electron chi connectivity index (χ0n) is 14.6. The maximum atomic E-state index is 6.01. The zero-order chi connectivity index (χ0) is 18.0. The minimum Gasteiger partial charge on any atom is -0.497 e. The first kappa shape index (κ1) is 17.2. The van der Waals surface area contributed by atoms with Gasteiger partial charge in [-0.05, 0) is 48.4 Å². The van der Waals surface area contributed by atoms with E-state index in [1.54, 1.807) is 7.11 Å². The summed E-state index contributed by atoms with van der Waals surface area (Å²) >= 11 is 6.01. The summed E-state index contributed by atoms with van der Waals surface area (Å²) < 4.78 is 7.48. The number of benzene rings is 2. The van der Waals surface area contributed by atoms with Crippen LogP contribution >= 0.6 is 11.6 Å². The van der Waals surface area contributed by atoms with E-state index >= 15 is 0 Å². The molecule has 3 rings (SSSR count). The van der Waals surface area contributed by atoms with E-state index in [1.807, 2.05) is 49.4 Å². The lowest BCUT2D eigenvalue weighted by Crippen LogP contribution is -2.06. The number of ether oxygens (including phenoxy) is 1. The average Bonchev–Trinajstić information content (AvgIpc) is 3.01. The van der Waals surface area contributed by atoms with E-state index < -0.39 is 0 Å². The third-order valence-electron chi connectivity index (χ3n) is 4.17. The highest BCUT2D eigenvalue weighted by molar-refractivity contribution is 6.30. The van der Waals surface area contributed by atoms with Gasteiger partial charge in [-0.1, -0.05) is 37.2 Å². The highest BCUT2D eigenvalue weighted by Gasteiger charge is 2.16. The molecule has 0 spiro atoms. The summed E-state index contributed by atoms with van der Waals surface area (Å²) in [6, 6.07) is 13.6. The number of aromatic nitrogens is 3. The maximum absolute atomic E-state index is 6.01. The summed E-state index contributed by atoms with van der Waals surface area (Å²) in [6.07, 6.45) is 0.791. The van der Waals surface area contributed by atoms with E-state index in [1.165, 1.54) is 0 Å². The van der Waals surface area contributed by atoms with E-state index in [-0.39, 0.29) is 0 Å². The fourth-order valence-corrected chi connectivity index (χ4v) is 2.96. The Kier molecular flexibility index (Phi) is 4.91. The topological polar surface area (TPSA) is 39.9 Å². The summed E-state index contributed by atoms with van der Waals surface area (Å²) in [4.78, 5) is 0. The Hall–Kier alpha value is -2.59. The molecule has 1 heterocycles. The molecule has 0 aliphatic heterocycles. The number of rotatable bonds is 5. The summed E-state index contributed by atoms with van der Waals surface area (Å²) in [7, 11) is 1.66. The van der Waals surface area contributed by atoms with Crippen LogP contribution in [0.1, 0.15) is 29.7 Å². The van der Waals surface area contributed by atoms with Crippen LogP contribution in [-0.2, 0) is 6.42 Å². The van der Waals surface area contributed by atoms with Crippen molar-refractivity contribution in [2.75, 3.05) is 7.11 Å². The predicted octanol–water partition coefficient (Wildman–Crippen LogP) is 4.86. The normalized spacial score (nSPS) is 10.7. The van der Waals surface area contributed by atoms with Gasteiger partial charge < -0.3 is 4.74 Å². The molecule has 3 aromatic rings. The Morgan fingerprint density at radius 3 is 2.52 bits per heavy atom. The van der Waals surface area contributed by atoms with Gasteiger partial charge in [-0.15, -0.1) is 10.2 Å². The second-order valence-corrected chi connectivity index (χ2v) is 6.16. The number of hydrogen-bond acceptors (Lipinski definition) is 3. The summed E-state index contributed by atoms with van der Waals surface area (Å²) in [5.41, 5.74) is 3.85. The first-order chi connectivity index (χ1) is 12.0. The van der Waals surface area contributed by atoms with Gasteiger partial charge in [-0.25, -0.2) is 0 Å². The third kappa shape index (κ3) is 3.30. The first-order valence-electron chi connectivity index (χ1n) is 8.09. The predicted molar refractivity (Wildman–Crippen MR) is 102 cm³/mol. The summed E-state index contributed by atoms with van der Waals surface area (Å²) in [6.45, 7) is 8.32. The molecule has 0 saturated carbocycles. The Labute approximate surface area is 152 Å². The Morgan fingerprint density at radius 2 is 1.88 bits per heavy atom. The minimum atomic E-state index is 0.699. The van der Waals surface area contributed by atoms with Gasteiger partial charge >= 0.3 is 0 Å². The van der Waals surface area contributed by atoms with Crippen molar-refractivity contribution in [2.24, 2.45) is 0 Å². The Morgan fingerprint density at radius 1 is 1.16 bits per heavy atom. The molecule has 0 N–H and O–H groups in total. The lowest BCUT2D eigenvalue weighted by Gasteiger charge is -2.17. The molecule has 0 atom stereocenters. The maximum Gasteiger partial charge on any atom is 0.137 e. The van der Waals surface area contributed by atoms with Gasteiger partial charge in [0.2, 0.25) is 0 Å². The van der Waals surface area contributed by atoms with Gasteiger partial charge in [0, 0.05) is 17.0 Å². The molecular weight excluding hydrogens is 334 g/mol. The fourth-order valence-electron chi connectivity index (χ4n) is 2.83. The molecule has 0 unspecified atom stereocenters. The largest absolute Gasteiger partial charge is 0.497 e. The number of methoxy groups -OCH3 is 1. The zero-order valence-corrected chi connectivity index (χ0v) is 15.3. The number of hydrogen-bond donors (Lipinski definition) is 0. The number of halogens is 1. The van der Waals surface area contributed by atoms with Crippen LogP contribution < -0.4 is 4.74 Å². The van der Waals surface area contributed by atoms with Gasteiger partial charge in [0.15, 0.2) is 0 Å². The lowest BCUT2D eigenvalue weighted by molar-refractivity contribution is 0.414. The highest BCUT2D eigenvalue weighted by atomic mass is 35.5. The average molecular weight is 354 g/mol. The van der Waals surface area contributed by atoms with Crippen LogP contribution in [0.25, 0.3) is 11.3 Å². The summed E-state index contributed by atoms with van der Waals surface area (Å²) in [5, 5.41) is 9.20. The van der Waals surface area contributed by atoms with Crippen molar-refractivity contribution in [3.63, 3.8) is 0 Å². The van der Waals surface area contributed by atoms with Crippen LogP contribution in [0.15, 0.2) is 49.0 Å². The standard InChI is InChI=1S/C20H20ClN3O/c1-5-20-23-22-14(3)24(20)19-11-10-17(25-4)12-18(19)13(2)15-6-8-16(21)9-7-15/h6-12H,2,5H2,1,3-4H3. The third-order valence-corrected chi connectivity index (χ3v) is 4.42. The Balaban J connectivity index is 2.19. The van der Waals surface area contributed by atoms with Gasteiger partial charge in [0.25, 0.3) is 0 Å². The molecule has 0 radical (unpaired) electrons. The van der Waals surface area contributed by atoms with Crippen LogP contribution in [0.5, 0.6) is 5.75 Å². The van der Waals surface area contributed by atoms with Crippen molar-refractivity contribution in [1.82, 2.24) is 14.8 Å². The molecule has 0 amide bonds. The molecular formula is C20H20ClN3O. The quantitative estimate of drug-likeness (QED) is 0.657. The minimum absolute atomic E-state index is 0.699. The fraction of sp³-hybridized carbons (Fsp3) is 0.200. The van der Waals surface area contributed by atoms with Gasteiger partial charge in [-0.3, -0.25) is 4.57 Å². The molecule has 0 aliphatic carbocycles. The lowest BCUT2D eigenvalue weighted by atomic mass is 9.97. The molecule has 1 aromatic heterocycles. The molecule has 4 nitrogen and oxygen atoms in total. The molecule has 5 heteroatoms. The van der Waals surface area contributed by atoms with E-state index in [0.717, 1.165) is 46.2 Å². The molecule has 2 aromatic carbocycles. The van der Waals surface area contributed by atoms with Crippen LogP contribution in [0.2, 0.25) is 5.02 Å². The molecule has 25 heavy (non-hydrogen) atoms. The highest BCUT2D eigenvalue weighted by Crippen LogP contribution is 2.32. The number of aryl methyl sites for hydroxylation is 2. The second kappa shape index (κ2) is 7.11. The SMILES string of the molecule is C=C(c1ccc(Cl)cc1)c1cc(OC)ccc1-n1c(C)nnc1CC. The van der Waals surface area contributed by atoms with Crippen molar-refractivity contribution in [3.05, 3.63) is 76.8 Å². The van der Waals surface area contributed by atoms with Gasteiger partial charge in [0.05, 0.1) is 12.8 Å². The van der Waals surface area contributed by atoms with Crippen molar-refractivity contribution < 1.29 is 4.74 Å². The van der Waals surface area contributed by atoms with Crippen LogP contribution in [0.3, 0.4) is 0 Å². The molecule has 0 aliphatic rings. The van der Waals surface area contributed by atoms with Gasteiger partial charge in [0.1, 0.15) is 17.4 Å². The molecule has 0 bridgehead atoms. The van der Waals surface area contributed by atoms with Crippen LogP contribution in [0, 0.1) is 6.92 Å². The van der Waals surface area contributed by atoms with E-state index in [0.29, 0.717) is 5.02 Å². The van der Waals surface area contributed by atoms with Crippen LogP contribution in [-0.4, -0.2) is 21.9 Å². The van der Waals surface area contributed by atoms with Gasteiger partial charge in [-0.2, -0.15) is 0 Å². The summed E-state index contributed by atoms with van der Waals surface area (Å²) in [5.74, 6) is 2.53. The number of nitrogens with zero attached hydrogens (tertiary/aromatic N) is 3. The Bertz CT molecular complexity index is 913. The van der Waals surface area contributed by atoms with Crippen molar-refractivity contribution in [3.8, 4) is 11.4 Å². The van der Waals surface area contributed by atoms with Crippen molar-refractivity contribution in [1.29, 1.82) is 0 Å². The molecule has 0 fully saturated rings. The second-order valence-electron chi connectivity index (χ2n) is 5.72. The van der Waals surface area contributed by atoms with Crippen LogP contribution in [0.4, 0.5) is 0 Å². The van der Waals surface area contributed by atoms with E-state index in [4.69, 9.17) is 16.3 Å². The molecule has 128 valence electrons. The smallest absolute Gasteiger partial charge is 0.137 e. The van der Waals surface area contributed by atoms with E-state index in [2.05, 4.69) is 28.3 Å². The van der Waals surface area contributed by atoms with Crippen molar-refractivity contribution >= 4 is 17.2 Å². The first-order valence-corrected chi connectivity index (χ1v) is 8.47. The molecule has 0 saturated heterocycles. The van der Waals surface area contributed by atoms with E-state index in [9.17, 15) is 0 Å².